The number of ether oxygens (including phenoxy) is 1. The van der Waals surface area contributed by atoms with E-state index in [-0.39, 0.29) is 34.7 Å². The fourth-order valence-corrected chi connectivity index (χ4v) is 4.91. The van der Waals surface area contributed by atoms with E-state index < -0.39 is 21.9 Å². The molecule has 2 aromatic rings. The second kappa shape index (κ2) is 7.03. The van der Waals surface area contributed by atoms with Crippen molar-refractivity contribution in [3.05, 3.63) is 66.2 Å². The van der Waals surface area contributed by atoms with Gasteiger partial charge in [-0.2, -0.15) is 13.5 Å². The average molecular weight is 439 g/mol. The highest BCUT2D eigenvalue weighted by atomic mass is 32.2. The molecule has 0 unspecified atom stereocenters. The smallest absolute Gasteiger partial charge is 0.276 e. The van der Waals surface area contributed by atoms with Gasteiger partial charge in [0, 0.05) is 0 Å². The number of phenolic OH excluding ortho intramolecular Hbond substituents is 1. The molecule has 0 aliphatic carbocycles. The number of amides is 2. The van der Waals surface area contributed by atoms with Crippen molar-refractivity contribution < 1.29 is 27.9 Å². The number of hydrogen-bond donors (Lipinski definition) is 2. The Balaban J connectivity index is 1.31. The van der Waals surface area contributed by atoms with Crippen molar-refractivity contribution in [3.63, 3.8) is 0 Å². The van der Waals surface area contributed by atoms with E-state index in [0.717, 1.165) is 4.90 Å². The normalized spacial score (nSPS) is 26.8. The summed E-state index contributed by atoms with van der Waals surface area (Å²) in [6, 6.07) is 11.5. The minimum absolute atomic E-state index is 0.0662. The molecule has 0 spiro atoms. The number of aromatic hydroxyl groups is 1. The summed E-state index contributed by atoms with van der Waals surface area (Å²) < 4.78 is 30.5. The van der Waals surface area contributed by atoms with Gasteiger partial charge < -0.3 is 9.84 Å². The van der Waals surface area contributed by atoms with Gasteiger partial charge in [0.2, 0.25) is 11.8 Å². The Bertz CT molecular complexity index is 1190. The average Bonchev–Trinajstić information content (AvgIpc) is 3.43. The molecule has 2 bridgehead atoms. The van der Waals surface area contributed by atoms with Gasteiger partial charge in [0.25, 0.3) is 10.0 Å². The van der Waals surface area contributed by atoms with Crippen molar-refractivity contribution in [1.29, 1.82) is 0 Å². The Morgan fingerprint density at radius 1 is 0.935 bits per heavy atom. The maximum absolute atomic E-state index is 12.8. The van der Waals surface area contributed by atoms with E-state index in [9.17, 15) is 23.1 Å². The van der Waals surface area contributed by atoms with Crippen LogP contribution in [0.3, 0.4) is 0 Å². The number of phenols is 1. The molecular formula is C21H17N3O6S. The number of anilines is 1. The van der Waals surface area contributed by atoms with Gasteiger partial charge in [-0.15, -0.1) is 0 Å². The molecule has 2 N–H and O–H groups in total. The van der Waals surface area contributed by atoms with Crippen LogP contribution in [-0.2, 0) is 24.3 Å². The third-order valence-electron chi connectivity index (χ3n) is 5.60. The quantitative estimate of drug-likeness (QED) is 0.312. The van der Waals surface area contributed by atoms with Gasteiger partial charge in [0.05, 0.1) is 40.8 Å². The highest BCUT2D eigenvalue weighted by molar-refractivity contribution is 7.89. The van der Waals surface area contributed by atoms with Crippen LogP contribution in [0.1, 0.15) is 5.56 Å². The molecule has 5 rings (SSSR count). The highest BCUT2D eigenvalue weighted by Gasteiger charge is 2.61. The Kier molecular flexibility index (Phi) is 4.42. The van der Waals surface area contributed by atoms with Gasteiger partial charge in [0.15, 0.2) is 0 Å². The minimum Gasteiger partial charge on any atom is -0.508 e. The molecule has 9 nitrogen and oxygen atoms in total. The van der Waals surface area contributed by atoms with Gasteiger partial charge in [0.1, 0.15) is 5.75 Å². The second-order valence-electron chi connectivity index (χ2n) is 7.45. The first kappa shape index (κ1) is 19.5. The number of fused-ring (bicyclic) bond motifs is 5. The molecule has 0 saturated carbocycles. The maximum atomic E-state index is 12.8. The molecule has 10 heteroatoms. The first-order valence-electron chi connectivity index (χ1n) is 9.51. The summed E-state index contributed by atoms with van der Waals surface area (Å²) >= 11 is 0. The lowest BCUT2D eigenvalue weighted by Gasteiger charge is -2.17. The lowest BCUT2D eigenvalue weighted by atomic mass is 9.85. The monoisotopic (exact) mass is 439 g/mol. The van der Waals surface area contributed by atoms with Gasteiger partial charge in [-0.3, -0.25) is 9.59 Å². The molecule has 158 valence electrons. The Hall–Kier alpha value is -3.50. The molecule has 3 aliphatic rings. The summed E-state index contributed by atoms with van der Waals surface area (Å²) in [5, 5.41) is 13.0. The topological polar surface area (TPSA) is 125 Å². The number of imide groups is 1. The number of hydrogen-bond acceptors (Lipinski definition) is 7. The van der Waals surface area contributed by atoms with E-state index in [1.54, 1.807) is 24.3 Å². The van der Waals surface area contributed by atoms with Crippen molar-refractivity contribution in [2.24, 2.45) is 16.9 Å². The van der Waals surface area contributed by atoms with Crippen molar-refractivity contribution >= 4 is 33.7 Å². The largest absolute Gasteiger partial charge is 0.508 e. The number of nitrogens with one attached hydrogen (secondary N) is 1. The van der Waals surface area contributed by atoms with E-state index in [0.29, 0.717) is 11.3 Å². The van der Waals surface area contributed by atoms with Crippen molar-refractivity contribution in [2.45, 2.75) is 17.1 Å². The van der Waals surface area contributed by atoms with E-state index in [1.165, 1.54) is 42.6 Å². The molecule has 4 atom stereocenters. The number of carbonyl (C=O) groups excluding carboxylic acids is 2. The molecule has 3 aliphatic heterocycles. The van der Waals surface area contributed by atoms with Gasteiger partial charge in [-0.05, 0) is 54.1 Å². The van der Waals surface area contributed by atoms with Crippen molar-refractivity contribution in [2.75, 3.05) is 4.90 Å². The fourth-order valence-electron chi connectivity index (χ4n) is 4.12. The predicted molar refractivity (Wildman–Crippen MR) is 110 cm³/mol. The van der Waals surface area contributed by atoms with E-state index in [1.807, 2.05) is 0 Å². The molecule has 2 aromatic carbocycles. The summed E-state index contributed by atoms with van der Waals surface area (Å²) in [4.78, 5) is 28.7. The van der Waals surface area contributed by atoms with Crippen LogP contribution >= 0.6 is 0 Å². The number of sulfonamides is 1. The SMILES string of the molecule is O=C1[C@@H]2[C@H](C(=O)N1c1ccc(S(=O)(=O)N/N=C/c3ccc(O)cc3)cc1)[C@H]1C=C[C@@H]2O1. The van der Waals surface area contributed by atoms with Crippen molar-refractivity contribution in [3.8, 4) is 5.75 Å². The van der Waals surface area contributed by atoms with E-state index in [4.69, 9.17) is 4.74 Å². The number of nitrogens with zero attached hydrogens (tertiary/aromatic N) is 2. The van der Waals surface area contributed by atoms with Crippen LogP contribution in [0.4, 0.5) is 5.69 Å². The first-order valence-corrected chi connectivity index (χ1v) is 11.0. The number of rotatable bonds is 5. The zero-order valence-corrected chi connectivity index (χ0v) is 16.8. The second-order valence-corrected chi connectivity index (χ2v) is 9.11. The maximum Gasteiger partial charge on any atom is 0.276 e. The van der Waals surface area contributed by atoms with Gasteiger partial charge in [-0.1, -0.05) is 12.2 Å². The third-order valence-corrected chi connectivity index (χ3v) is 6.83. The summed E-state index contributed by atoms with van der Waals surface area (Å²) in [6.45, 7) is 0. The Morgan fingerprint density at radius 3 is 2.10 bits per heavy atom. The number of carbonyl (C=O) groups is 2. The molecule has 0 aromatic heterocycles. The Morgan fingerprint density at radius 2 is 1.52 bits per heavy atom. The number of benzene rings is 2. The summed E-state index contributed by atoms with van der Waals surface area (Å²) in [6.07, 6.45) is 4.15. The molecule has 2 saturated heterocycles. The van der Waals surface area contributed by atoms with Crippen LogP contribution in [0, 0.1) is 11.8 Å². The fraction of sp³-hybridized carbons (Fsp3) is 0.190. The molecule has 2 fully saturated rings. The lowest BCUT2D eigenvalue weighted by Crippen LogP contribution is -2.34. The number of hydrazone groups is 1. The zero-order chi connectivity index (χ0) is 21.8. The Labute approximate surface area is 177 Å². The predicted octanol–water partition coefficient (Wildman–Crippen LogP) is 1.15. The van der Waals surface area contributed by atoms with Gasteiger partial charge >= 0.3 is 0 Å². The first-order chi connectivity index (χ1) is 14.8. The standard InChI is InChI=1S/C21H17N3O6S/c25-14-5-1-12(2-6-14)11-22-23-31(28,29)15-7-3-13(4-8-15)24-20(26)18-16-9-10-17(30-16)19(18)21(24)27/h1-11,16-19,23,25H/b22-11+/t16-,17+,18-,19+. The lowest BCUT2D eigenvalue weighted by molar-refractivity contribution is -0.124. The minimum atomic E-state index is -3.94. The molecule has 0 radical (unpaired) electrons. The van der Waals surface area contributed by atoms with Crippen LogP contribution in [0.15, 0.2) is 70.7 Å². The van der Waals surface area contributed by atoms with Crippen LogP contribution in [0.5, 0.6) is 5.75 Å². The zero-order valence-electron chi connectivity index (χ0n) is 16.0. The van der Waals surface area contributed by atoms with Crippen molar-refractivity contribution in [1.82, 2.24) is 4.83 Å². The summed E-state index contributed by atoms with van der Waals surface area (Å²) in [5.74, 6) is -1.63. The molecule has 3 heterocycles. The summed E-state index contributed by atoms with van der Waals surface area (Å²) in [5.41, 5.74) is 0.912. The molecular weight excluding hydrogens is 422 g/mol. The molecule has 2 amide bonds. The molecule has 31 heavy (non-hydrogen) atoms. The van der Waals surface area contributed by atoms with E-state index >= 15 is 0 Å². The third kappa shape index (κ3) is 3.20. The van der Waals surface area contributed by atoms with Crippen LogP contribution in [0.25, 0.3) is 0 Å². The van der Waals surface area contributed by atoms with Crippen LogP contribution in [0.2, 0.25) is 0 Å². The van der Waals surface area contributed by atoms with Crippen LogP contribution < -0.4 is 9.73 Å². The highest BCUT2D eigenvalue weighted by Crippen LogP contribution is 2.46. The van der Waals surface area contributed by atoms with Crippen LogP contribution in [-0.4, -0.2) is 43.8 Å². The van der Waals surface area contributed by atoms with Gasteiger partial charge in [-0.25, -0.2) is 9.73 Å². The summed E-state index contributed by atoms with van der Waals surface area (Å²) in [7, 11) is -3.94. The van der Waals surface area contributed by atoms with E-state index in [2.05, 4.69) is 9.93 Å².